The number of rotatable bonds is 2. The summed E-state index contributed by atoms with van der Waals surface area (Å²) in [7, 11) is 0. The lowest BCUT2D eigenvalue weighted by atomic mass is 10.2. The number of para-hydroxylation sites is 1. The van der Waals surface area contributed by atoms with Gasteiger partial charge in [-0.25, -0.2) is 0 Å². The predicted molar refractivity (Wildman–Crippen MR) is 74.5 cm³/mol. The lowest BCUT2D eigenvalue weighted by molar-refractivity contribution is 0.0610. The Labute approximate surface area is 112 Å². The Bertz CT molecular complexity index is 607. The first-order chi connectivity index (χ1) is 9.27. The lowest BCUT2D eigenvalue weighted by Gasteiger charge is -2.31. The molecule has 1 aliphatic rings. The summed E-state index contributed by atoms with van der Waals surface area (Å²) in [6, 6.07) is 8.04. The SMILES string of the molecule is CC(C)=C(N1CCOCC1)n1nnc2ccccc21. The van der Waals surface area contributed by atoms with Gasteiger partial charge in [-0.1, -0.05) is 17.3 Å². The second-order valence-corrected chi connectivity index (χ2v) is 4.91. The van der Waals surface area contributed by atoms with E-state index in [9.17, 15) is 0 Å². The molecule has 0 amide bonds. The highest BCUT2D eigenvalue weighted by molar-refractivity contribution is 5.77. The molecule has 100 valence electrons. The Morgan fingerprint density at radius 3 is 2.63 bits per heavy atom. The molecule has 5 heteroatoms. The summed E-state index contributed by atoms with van der Waals surface area (Å²) in [5.74, 6) is 1.12. The van der Waals surface area contributed by atoms with Crippen molar-refractivity contribution in [2.24, 2.45) is 0 Å². The average Bonchev–Trinajstić information content (AvgIpc) is 2.84. The van der Waals surface area contributed by atoms with Gasteiger partial charge in [-0.2, -0.15) is 4.68 Å². The standard InChI is InChI=1S/C14H18N4O/c1-11(2)14(17-7-9-19-10-8-17)18-13-6-4-3-5-12(13)15-16-18/h3-6H,7-10H2,1-2H3. The van der Waals surface area contributed by atoms with Gasteiger partial charge in [0.1, 0.15) is 11.3 Å². The molecule has 0 saturated carbocycles. The average molecular weight is 258 g/mol. The van der Waals surface area contributed by atoms with E-state index in [1.807, 2.05) is 22.9 Å². The van der Waals surface area contributed by atoms with Crippen molar-refractivity contribution in [2.45, 2.75) is 13.8 Å². The molecule has 0 radical (unpaired) electrons. The third kappa shape index (κ3) is 2.21. The van der Waals surface area contributed by atoms with Crippen LogP contribution in [0.4, 0.5) is 0 Å². The Balaban J connectivity index is 2.08. The molecule has 19 heavy (non-hydrogen) atoms. The number of hydrogen-bond donors (Lipinski definition) is 0. The molecule has 2 aromatic rings. The fraction of sp³-hybridized carbons (Fsp3) is 0.429. The molecule has 0 unspecified atom stereocenters. The molecular formula is C14H18N4O. The van der Waals surface area contributed by atoms with Gasteiger partial charge in [0.2, 0.25) is 0 Å². The quantitative estimate of drug-likeness (QED) is 0.826. The molecule has 2 heterocycles. The Kier molecular flexibility index (Phi) is 3.21. The van der Waals surface area contributed by atoms with Crippen LogP contribution in [0, 0.1) is 0 Å². The first-order valence-electron chi connectivity index (χ1n) is 6.58. The van der Waals surface area contributed by atoms with Crippen LogP contribution >= 0.6 is 0 Å². The number of nitrogens with zero attached hydrogens (tertiary/aromatic N) is 4. The third-order valence-corrected chi connectivity index (χ3v) is 3.31. The van der Waals surface area contributed by atoms with E-state index in [4.69, 9.17) is 4.74 Å². The van der Waals surface area contributed by atoms with Crippen molar-refractivity contribution in [2.75, 3.05) is 26.3 Å². The highest BCUT2D eigenvalue weighted by Gasteiger charge is 2.19. The van der Waals surface area contributed by atoms with E-state index in [1.165, 1.54) is 5.57 Å². The highest BCUT2D eigenvalue weighted by Crippen LogP contribution is 2.21. The first-order valence-corrected chi connectivity index (χ1v) is 6.58. The number of benzene rings is 1. The van der Waals surface area contributed by atoms with E-state index < -0.39 is 0 Å². The van der Waals surface area contributed by atoms with Crippen LogP contribution in [0.25, 0.3) is 16.9 Å². The monoisotopic (exact) mass is 258 g/mol. The summed E-state index contributed by atoms with van der Waals surface area (Å²) in [6.45, 7) is 7.55. The largest absolute Gasteiger partial charge is 0.378 e. The van der Waals surface area contributed by atoms with Crippen molar-refractivity contribution in [1.29, 1.82) is 0 Å². The zero-order valence-corrected chi connectivity index (χ0v) is 11.3. The summed E-state index contributed by atoms with van der Waals surface area (Å²) >= 11 is 0. The van der Waals surface area contributed by atoms with E-state index in [-0.39, 0.29) is 0 Å². The van der Waals surface area contributed by atoms with Crippen molar-refractivity contribution in [3.63, 3.8) is 0 Å². The highest BCUT2D eigenvalue weighted by atomic mass is 16.5. The van der Waals surface area contributed by atoms with Crippen LogP contribution in [0.3, 0.4) is 0 Å². The second kappa shape index (κ2) is 5.01. The van der Waals surface area contributed by atoms with Gasteiger partial charge < -0.3 is 9.64 Å². The Morgan fingerprint density at radius 2 is 1.89 bits per heavy atom. The van der Waals surface area contributed by atoms with Crippen molar-refractivity contribution in [3.05, 3.63) is 29.8 Å². The van der Waals surface area contributed by atoms with Gasteiger partial charge in [0.05, 0.1) is 18.7 Å². The number of allylic oxidation sites excluding steroid dienone is 1. The van der Waals surface area contributed by atoms with Crippen LogP contribution in [-0.4, -0.2) is 46.2 Å². The minimum absolute atomic E-state index is 0.767. The fourth-order valence-corrected chi connectivity index (χ4v) is 2.46. The lowest BCUT2D eigenvalue weighted by Crippen LogP contribution is -2.37. The molecule has 0 spiro atoms. The minimum atomic E-state index is 0.767. The molecule has 0 aliphatic carbocycles. The molecule has 1 saturated heterocycles. The van der Waals surface area contributed by atoms with Crippen LogP contribution in [0.15, 0.2) is 29.8 Å². The molecule has 5 nitrogen and oxygen atoms in total. The van der Waals surface area contributed by atoms with Crippen molar-refractivity contribution in [1.82, 2.24) is 19.9 Å². The maximum atomic E-state index is 5.42. The fourth-order valence-electron chi connectivity index (χ4n) is 2.46. The van der Waals surface area contributed by atoms with Gasteiger partial charge in [-0.05, 0) is 31.6 Å². The first kappa shape index (κ1) is 12.2. The number of hydrogen-bond acceptors (Lipinski definition) is 4. The minimum Gasteiger partial charge on any atom is -0.378 e. The number of ether oxygens (including phenoxy) is 1. The summed E-state index contributed by atoms with van der Waals surface area (Å²) < 4.78 is 7.37. The zero-order valence-electron chi connectivity index (χ0n) is 11.3. The Morgan fingerprint density at radius 1 is 1.16 bits per heavy atom. The molecule has 0 bridgehead atoms. The van der Waals surface area contributed by atoms with Crippen molar-refractivity contribution >= 4 is 16.9 Å². The van der Waals surface area contributed by atoms with Crippen LogP contribution in [0.1, 0.15) is 13.8 Å². The normalized spacial score (nSPS) is 15.8. The summed E-state index contributed by atoms with van der Waals surface area (Å²) in [6.07, 6.45) is 0. The Hall–Kier alpha value is -1.88. The maximum Gasteiger partial charge on any atom is 0.131 e. The molecular weight excluding hydrogens is 240 g/mol. The van der Waals surface area contributed by atoms with Crippen LogP contribution in [0.5, 0.6) is 0 Å². The summed E-state index contributed by atoms with van der Waals surface area (Å²) in [5.41, 5.74) is 3.21. The van der Waals surface area contributed by atoms with E-state index >= 15 is 0 Å². The molecule has 3 rings (SSSR count). The van der Waals surface area contributed by atoms with E-state index in [1.54, 1.807) is 0 Å². The van der Waals surface area contributed by atoms with E-state index in [2.05, 4.69) is 35.1 Å². The molecule has 0 N–H and O–H groups in total. The van der Waals surface area contributed by atoms with Crippen LogP contribution < -0.4 is 0 Å². The second-order valence-electron chi connectivity index (χ2n) is 4.91. The van der Waals surface area contributed by atoms with E-state index in [0.29, 0.717) is 0 Å². The van der Waals surface area contributed by atoms with Crippen molar-refractivity contribution < 1.29 is 4.74 Å². The van der Waals surface area contributed by atoms with Gasteiger partial charge in [-0.15, -0.1) is 5.10 Å². The van der Waals surface area contributed by atoms with E-state index in [0.717, 1.165) is 43.2 Å². The molecule has 1 fully saturated rings. The van der Waals surface area contributed by atoms with Gasteiger partial charge in [0.15, 0.2) is 0 Å². The third-order valence-electron chi connectivity index (χ3n) is 3.31. The zero-order chi connectivity index (χ0) is 13.2. The van der Waals surface area contributed by atoms with Gasteiger partial charge in [-0.3, -0.25) is 0 Å². The molecule has 1 aromatic heterocycles. The molecule has 1 aromatic carbocycles. The topological polar surface area (TPSA) is 43.2 Å². The van der Waals surface area contributed by atoms with Gasteiger partial charge in [0.25, 0.3) is 0 Å². The number of aromatic nitrogens is 3. The number of morpholine rings is 1. The smallest absolute Gasteiger partial charge is 0.131 e. The summed E-state index contributed by atoms with van der Waals surface area (Å²) in [5, 5.41) is 8.56. The van der Waals surface area contributed by atoms with Gasteiger partial charge in [0, 0.05) is 13.1 Å². The molecule has 0 atom stereocenters. The summed E-state index contributed by atoms with van der Waals surface area (Å²) in [4.78, 5) is 2.32. The number of fused-ring (bicyclic) bond motifs is 1. The van der Waals surface area contributed by atoms with Crippen LogP contribution in [-0.2, 0) is 4.74 Å². The maximum absolute atomic E-state index is 5.42. The van der Waals surface area contributed by atoms with Crippen LogP contribution in [0.2, 0.25) is 0 Å². The predicted octanol–water partition coefficient (Wildman–Crippen LogP) is 1.97. The van der Waals surface area contributed by atoms with Crippen molar-refractivity contribution in [3.8, 4) is 0 Å². The van der Waals surface area contributed by atoms with Gasteiger partial charge >= 0.3 is 0 Å². The molecule has 1 aliphatic heterocycles.